The van der Waals surface area contributed by atoms with Gasteiger partial charge in [0.1, 0.15) is 10.7 Å². The standard InChI is InChI=1S/C11H19BrN2O4S/c1-8(2)17-5-4-14-19(15,16)10-6-9(7-13-3)18-11(10)12/h6,8,13-14H,4-5,7H2,1-3H3. The van der Waals surface area contributed by atoms with E-state index in [0.717, 1.165) is 0 Å². The number of halogens is 1. The molecule has 0 radical (unpaired) electrons. The van der Waals surface area contributed by atoms with Gasteiger partial charge in [-0.15, -0.1) is 0 Å². The van der Waals surface area contributed by atoms with Crippen LogP contribution in [0.15, 0.2) is 20.0 Å². The van der Waals surface area contributed by atoms with Gasteiger partial charge >= 0.3 is 0 Å². The molecule has 0 saturated heterocycles. The van der Waals surface area contributed by atoms with Crippen molar-refractivity contribution in [3.63, 3.8) is 0 Å². The number of rotatable bonds is 8. The van der Waals surface area contributed by atoms with Gasteiger partial charge in [-0.2, -0.15) is 0 Å². The number of nitrogens with one attached hydrogen (secondary N) is 2. The molecule has 0 amide bonds. The summed E-state index contributed by atoms with van der Waals surface area (Å²) in [6.07, 6.45) is 0.0763. The molecule has 1 aromatic rings. The summed E-state index contributed by atoms with van der Waals surface area (Å²) in [5.41, 5.74) is 0. The quantitative estimate of drug-likeness (QED) is 0.691. The molecule has 1 rings (SSSR count). The Morgan fingerprint density at radius 2 is 2.16 bits per heavy atom. The van der Waals surface area contributed by atoms with Crippen LogP contribution in [0.2, 0.25) is 0 Å². The highest BCUT2D eigenvalue weighted by Crippen LogP contribution is 2.25. The fraction of sp³-hybridized carbons (Fsp3) is 0.636. The first-order chi connectivity index (χ1) is 8.86. The molecule has 0 aromatic carbocycles. The first-order valence-corrected chi connectivity index (χ1v) is 8.18. The Morgan fingerprint density at radius 3 is 2.74 bits per heavy atom. The zero-order chi connectivity index (χ0) is 14.5. The van der Waals surface area contributed by atoms with Crippen LogP contribution in [0.5, 0.6) is 0 Å². The molecule has 6 nitrogen and oxygen atoms in total. The minimum absolute atomic E-state index is 0.0763. The van der Waals surface area contributed by atoms with Crippen LogP contribution >= 0.6 is 15.9 Å². The van der Waals surface area contributed by atoms with E-state index in [2.05, 4.69) is 26.0 Å². The molecular formula is C11H19BrN2O4S. The lowest BCUT2D eigenvalue weighted by Crippen LogP contribution is -2.28. The van der Waals surface area contributed by atoms with Gasteiger partial charge in [0.05, 0.1) is 19.3 Å². The highest BCUT2D eigenvalue weighted by atomic mass is 79.9. The molecule has 0 aliphatic rings. The van der Waals surface area contributed by atoms with Crippen LogP contribution in [-0.2, 0) is 21.3 Å². The van der Waals surface area contributed by atoms with Gasteiger partial charge in [-0.25, -0.2) is 13.1 Å². The summed E-state index contributed by atoms with van der Waals surface area (Å²) in [5, 5.41) is 2.89. The van der Waals surface area contributed by atoms with Crippen LogP contribution in [0.1, 0.15) is 19.6 Å². The predicted molar refractivity (Wildman–Crippen MR) is 75.4 cm³/mol. The minimum atomic E-state index is -3.58. The van der Waals surface area contributed by atoms with E-state index in [1.54, 1.807) is 7.05 Å². The Hall–Kier alpha value is -0.410. The predicted octanol–water partition coefficient (Wildman–Crippen LogP) is 1.46. The van der Waals surface area contributed by atoms with Crippen LogP contribution in [0.25, 0.3) is 0 Å². The smallest absolute Gasteiger partial charge is 0.245 e. The molecule has 0 aliphatic heterocycles. The number of hydrogen-bond donors (Lipinski definition) is 2. The third-order valence-electron chi connectivity index (χ3n) is 2.19. The molecule has 2 N–H and O–H groups in total. The highest BCUT2D eigenvalue weighted by molar-refractivity contribution is 9.10. The van der Waals surface area contributed by atoms with Gasteiger partial charge in [-0.05, 0) is 36.8 Å². The zero-order valence-corrected chi connectivity index (χ0v) is 13.6. The number of furan rings is 1. The van der Waals surface area contributed by atoms with Crippen molar-refractivity contribution in [1.29, 1.82) is 0 Å². The van der Waals surface area contributed by atoms with E-state index in [1.165, 1.54) is 6.07 Å². The molecule has 0 bridgehead atoms. The van der Waals surface area contributed by atoms with Crippen molar-refractivity contribution < 1.29 is 17.6 Å². The maximum absolute atomic E-state index is 12.0. The van der Waals surface area contributed by atoms with Crippen LogP contribution in [0.4, 0.5) is 0 Å². The van der Waals surface area contributed by atoms with Crippen molar-refractivity contribution in [1.82, 2.24) is 10.0 Å². The molecule has 0 aliphatic carbocycles. The van der Waals surface area contributed by atoms with E-state index in [4.69, 9.17) is 9.15 Å². The average molecular weight is 355 g/mol. The molecule has 0 saturated carbocycles. The van der Waals surface area contributed by atoms with Gasteiger partial charge in [0, 0.05) is 12.6 Å². The zero-order valence-electron chi connectivity index (χ0n) is 11.2. The number of sulfonamides is 1. The molecule has 0 spiro atoms. The van der Waals surface area contributed by atoms with Gasteiger partial charge in [0.2, 0.25) is 10.0 Å². The summed E-state index contributed by atoms with van der Waals surface area (Å²) < 4.78 is 37.3. The molecular weight excluding hydrogens is 336 g/mol. The summed E-state index contributed by atoms with van der Waals surface area (Å²) >= 11 is 3.11. The van der Waals surface area contributed by atoms with Crippen molar-refractivity contribution in [2.75, 3.05) is 20.2 Å². The maximum atomic E-state index is 12.0. The van der Waals surface area contributed by atoms with Crippen LogP contribution in [0, 0.1) is 0 Å². The SMILES string of the molecule is CNCc1cc(S(=O)(=O)NCCOC(C)C)c(Br)o1. The lowest BCUT2D eigenvalue weighted by Gasteiger charge is -2.08. The average Bonchev–Trinajstić information content (AvgIpc) is 2.67. The van der Waals surface area contributed by atoms with Gasteiger partial charge in [-0.3, -0.25) is 0 Å². The molecule has 0 fully saturated rings. The van der Waals surface area contributed by atoms with Gasteiger partial charge in [-0.1, -0.05) is 0 Å². The second-order valence-electron chi connectivity index (χ2n) is 4.20. The van der Waals surface area contributed by atoms with Crippen molar-refractivity contribution in [2.45, 2.75) is 31.4 Å². The molecule has 1 heterocycles. The Balaban J connectivity index is 2.66. The maximum Gasteiger partial charge on any atom is 0.245 e. The molecule has 8 heteroatoms. The topological polar surface area (TPSA) is 80.6 Å². The van der Waals surface area contributed by atoms with Gasteiger partial charge in [0.25, 0.3) is 0 Å². The Bertz CT molecular complexity index is 499. The van der Waals surface area contributed by atoms with Crippen molar-refractivity contribution >= 4 is 26.0 Å². The van der Waals surface area contributed by atoms with Crippen molar-refractivity contribution in [3.8, 4) is 0 Å². The van der Waals surface area contributed by atoms with Gasteiger partial charge in [0.15, 0.2) is 4.67 Å². The van der Waals surface area contributed by atoms with Crippen molar-refractivity contribution in [3.05, 3.63) is 16.5 Å². The second-order valence-corrected chi connectivity index (χ2v) is 6.65. The fourth-order valence-corrected chi connectivity index (χ4v) is 3.40. The first kappa shape index (κ1) is 16.6. The number of ether oxygens (including phenoxy) is 1. The van der Waals surface area contributed by atoms with E-state index in [1.807, 2.05) is 13.8 Å². The van der Waals surface area contributed by atoms with Gasteiger partial charge < -0.3 is 14.5 Å². The largest absolute Gasteiger partial charge is 0.452 e. The van der Waals surface area contributed by atoms with E-state index in [0.29, 0.717) is 18.9 Å². The molecule has 19 heavy (non-hydrogen) atoms. The normalized spacial score (nSPS) is 12.3. The highest BCUT2D eigenvalue weighted by Gasteiger charge is 2.21. The summed E-state index contributed by atoms with van der Waals surface area (Å²) in [7, 11) is -1.83. The lowest BCUT2D eigenvalue weighted by atomic mass is 10.4. The third kappa shape index (κ3) is 5.23. The monoisotopic (exact) mass is 354 g/mol. The molecule has 0 unspecified atom stereocenters. The van der Waals surface area contributed by atoms with Crippen LogP contribution < -0.4 is 10.0 Å². The lowest BCUT2D eigenvalue weighted by molar-refractivity contribution is 0.0834. The minimum Gasteiger partial charge on any atom is -0.452 e. The Kier molecular flexibility index (Phi) is 6.48. The van der Waals surface area contributed by atoms with E-state index in [9.17, 15) is 8.42 Å². The Labute approximate surface area is 122 Å². The summed E-state index contributed by atoms with van der Waals surface area (Å²) in [4.78, 5) is 0.0993. The summed E-state index contributed by atoms with van der Waals surface area (Å²) in [5.74, 6) is 0.549. The Morgan fingerprint density at radius 1 is 1.47 bits per heavy atom. The van der Waals surface area contributed by atoms with Crippen LogP contribution in [0.3, 0.4) is 0 Å². The van der Waals surface area contributed by atoms with Crippen molar-refractivity contribution in [2.24, 2.45) is 0 Å². The summed E-state index contributed by atoms with van der Waals surface area (Å²) in [6, 6.07) is 1.49. The molecule has 1 aromatic heterocycles. The fourth-order valence-electron chi connectivity index (χ4n) is 1.39. The van der Waals surface area contributed by atoms with E-state index >= 15 is 0 Å². The summed E-state index contributed by atoms with van der Waals surface area (Å²) in [6.45, 7) is 4.80. The third-order valence-corrected chi connectivity index (χ3v) is 4.51. The first-order valence-electron chi connectivity index (χ1n) is 5.91. The molecule has 110 valence electrons. The van der Waals surface area contributed by atoms with E-state index < -0.39 is 10.0 Å². The van der Waals surface area contributed by atoms with Crippen LogP contribution in [-0.4, -0.2) is 34.7 Å². The van der Waals surface area contributed by atoms with E-state index in [-0.39, 0.29) is 22.2 Å². The second kappa shape index (κ2) is 7.39. The molecule has 0 atom stereocenters. The number of hydrogen-bond acceptors (Lipinski definition) is 5.